The van der Waals surface area contributed by atoms with E-state index in [1.807, 2.05) is 0 Å². The molecule has 30 heavy (non-hydrogen) atoms. The summed E-state index contributed by atoms with van der Waals surface area (Å²) >= 11 is 0. The normalized spacial score (nSPS) is 14.9. The van der Waals surface area contributed by atoms with Gasteiger partial charge in [-0.05, 0) is 30.2 Å². The molecule has 0 atom stereocenters. The predicted molar refractivity (Wildman–Crippen MR) is 119 cm³/mol. The van der Waals surface area contributed by atoms with Crippen LogP contribution in [0.4, 0.5) is 19.1 Å². The van der Waals surface area contributed by atoms with Crippen LogP contribution in [0.3, 0.4) is 0 Å². The standard InChI is InChI=1S/C19H23F3N6O.HI/c1-23-17(27-11-13-28(14-12-27)18-24-8-2-9-25-18)26-10-7-15-3-5-16(6-4-15)29-19(20,21)22;/h2-6,8-9H,7,10-14H2,1H3,(H,23,26);1H. The van der Waals surface area contributed by atoms with Gasteiger partial charge < -0.3 is 19.9 Å². The lowest BCUT2D eigenvalue weighted by atomic mass is 10.1. The summed E-state index contributed by atoms with van der Waals surface area (Å²) in [6.07, 6.45) is -0.552. The van der Waals surface area contributed by atoms with E-state index in [2.05, 4.69) is 34.8 Å². The molecule has 3 rings (SSSR count). The first-order valence-corrected chi connectivity index (χ1v) is 9.27. The molecule has 0 radical (unpaired) electrons. The molecule has 1 saturated heterocycles. The quantitative estimate of drug-likeness (QED) is 0.361. The lowest BCUT2D eigenvalue weighted by Gasteiger charge is -2.36. The highest BCUT2D eigenvalue weighted by Gasteiger charge is 2.30. The zero-order valence-electron chi connectivity index (χ0n) is 16.5. The monoisotopic (exact) mass is 536 g/mol. The Morgan fingerprint density at radius 2 is 1.73 bits per heavy atom. The summed E-state index contributed by atoms with van der Waals surface area (Å²) in [5.74, 6) is 1.31. The molecule has 1 fully saturated rings. The molecule has 164 valence electrons. The third-order valence-electron chi connectivity index (χ3n) is 4.48. The SMILES string of the molecule is CN=C(NCCc1ccc(OC(F)(F)F)cc1)N1CCN(c2ncccn2)CC1.I. The maximum Gasteiger partial charge on any atom is 0.573 e. The minimum Gasteiger partial charge on any atom is -0.406 e. The van der Waals surface area contributed by atoms with Gasteiger partial charge in [0, 0.05) is 52.2 Å². The summed E-state index contributed by atoms with van der Waals surface area (Å²) in [6, 6.07) is 7.70. The molecule has 0 unspecified atom stereocenters. The van der Waals surface area contributed by atoms with Crippen molar-refractivity contribution in [3.05, 3.63) is 48.3 Å². The van der Waals surface area contributed by atoms with Gasteiger partial charge >= 0.3 is 6.36 Å². The van der Waals surface area contributed by atoms with Crippen molar-refractivity contribution in [2.75, 3.05) is 44.7 Å². The number of piperazine rings is 1. The lowest BCUT2D eigenvalue weighted by molar-refractivity contribution is -0.274. The predicted octanol–water partition coefficient (Wildman–Crippen LogP) is 2.93. The topological polar surface area (TPSA) is 65.9 Å². The van der Waals surface area contributed by atoms with Crippen molar-refractivity contribution in [1.29, 1.82) is 0 Å². The second-order valence-electron chi connectivity index (χ2n) is 6.44. The first kappa shape index (κ1) is 24.0. The van der Waals surface area contributed by atoms with Crippen molar-refractivity contribution in [3.63, 3.8) is 0 Å². The summed E-state index contributed by atoms with van der Waals surface area (Å²) in [4.78, 5) is 17.2. The zero-order valence-corrected chi connectivity index (χ0v) is 18.8. The molecule has 11 heteroatoms. The van der Waals surface area contributed by atoms with E-state index in [-0.39, 0.29) is 29.7 Å². The number of benzene rings is 1. The molecule has 0 saturated carbocycles. The van der Waals surface area contributed by atoms with Crippen molar-refractivity contribution in [2.24, 2.45) is 4.99 Å². The minimum absolute atomic E-state index is 0. The van der Waals surface area contributed by atoms with Crippen LogP contribution >= 0.6 is 24.0 Å². The van der Waals surface area contributed by atoms with Crippen LogP contribution in [0.25, 0.3) is 0 Å². The van der Waals surface area contributed by atoms with Gasteiger partial charge in [0.05, 0.1) is 0 Å². The van der Waals surface area contributed by atoms with Gasteiger partial charge in [0.25, 0.3) is 0 Å². The summed E-state index contributed by atoms with van der Waals surface area (Å²) in [6.45, 7) is 3.80. The molecule has 7 nitrogen and oxygen atoms in total. The van der Waals surface area contributed by atoms with Crippen LogP contribution in [0.15, 0.2) is 47.7 Å². The number of alkyl halides is 3. The van der Waals surface area contributed by atoms with Crippen LogP contribution in [-0.2, 0) is 6.42 Å². The molecule has 2 aromatic rings. The van der Waals surface area contributed by atoms with Gasteiger partial charge in [-0.25, -0.2) is 9.97 Å². The minimum atomic E-state index is -4.67. The maximum atomic E-state index is 12.2. The van der Waals surface area contributed by atoms with Crippen LogP contribution in [-0.4, -0.2) is 67.0 Å². The largest absolute Gasteiger partial charge is 0.573 e. The first-order valence-electron chi connectivity index (χ1n) is 9.27. The lowest BCUT2D eigenvalue weighted by Crippen LogP contribution is -2.53. The zero-order chi connectivity index (χ0) is 20.7. The number of hydrogen-bond donors (Lipinski definition) is 1. The van der Waals surface area contributed by atoms with Gasteiger partial charge in [0.15, 0.2) is 5.96 Å². The Kier molecular flexibility index (Phi) is 8.93. The number of rotatable bonds is 5. The summed E-state index contributed by atoms with van der Waals surface area (Å²) in [5, 5.41) is 3.31. The van der Waals surface area contributed by atoms with E-state index in [9.17, 15) is 13.2 Å². The molecular formula is C19H24F3IN6O. The Hall–Kier alpha value is -2.31. The molecule has 0 amide bonds. The molecule has 1 N–H and O–H groups in total. The second kappa shape index (κ2) is 11.2. The summed E-state index contributed by atoms with van der Waals surface area (Å²) in [7, 11) is 1.73. The van der Waals surface area contributed by atoms with Crippen LogP contribution in [0.5, 0.6) is 5.75 Å². The Morgan fingerprint density at radius 3 is 2.30 bits per heavy atom. The van der Waals surface area contributed by atoms with Crippen molar-refractivity contribution in [2.45, 2.75) is 12.8 Å². The highest BCUT2D eigenvalue weighted by atomic mass is 127. The molecule has 0 bridgehead atoms. The summed E-state index contributed by atoms with van der Waals surface area (Å²) in [5.41, 5.74) is 0.911. The van der Waals surface area contributed by atoms with Gasteiger partial charge in [0.1, 0.15) is 5.75 Å². The van der Waals surface area contributed by atoms with Crippen LogP contribution in [0, 0.1) is 0 Å². The van der Waals surface area contributed by atoms with Gasteiger partial charge in [-0.3, -0.25) is 4.99 Å². The van der Waals surface area contributed by atoms with Crippen molar-refractivity contribution in [3.8, 4) is 5.75 Å². The van der Waals surface area contributed by atoms with E-state index in [0.29, 0.717) is 13.0 Å². The van der Waals surface area contributed by atoms with Gasteiger partial charge in [-0.1, -0.05) is 12.1 Å². The molecule has 1 aliphatic rings. The van der Waals surface area contributed by atoms with Crippen LogP contribution in [0.2, 0.25) is 0 Å². The number of halogens is 4. The van der Waals surface area contributed by atoms with Gasteiger partial charge in [0.2, 0.25) is 5.95 Å². The van der Waals surface area contributed by atoms with E-state index in [1.54, 1.807) is 37.6 Å². The second-order valence-corrected chi connectivity index (χ2v) is 6.44. The first-order chi connectivity index (χ1) is 13.9. The Labute approximate surface area is 190 Å². The molecule has 0 spiro atoms. The van der Waals surface area contributed by atoms with E-state index in [4.69, 9.17) is 0 Å². The third kappa shape index (κ3) is 7.18. The molecule has 1 aromatic heterocycles. The van der Waals surface area contributed by atoms with Crippen LogP contribution in [0.1, 0.15) is 5.56 Å². The number of anilines is 1. The Bertz CT molecular complexity index is 796. The highest BCUT2D eigenvalue weighted by molar-refractivity contribution is 14.0. The Morgan fingerprint density at radius 1 is 1.10 bits per heavy atom. The fourth-order valence-electron chi connectivity index (χ4n) is 3.08. The van der Waals surface area contributed by atoms with Crippen molar-refractivity contribution >= 4 is 35.9 Å². The number of aliphatic imine (C=N–C) groups is 1. The van der Waals surface area contributed by atoms with E-state index in [0.717, 1.165) is 43.7 Å². The number of hydrogen-bond acceptors (Lipinski definition) is 5. The average Bonchev–Trinajstić information content (AvgIpc) is 2.72. The van der Waals surface area contributed by atoms with Crippen LogP contribution < -0.4 is 15.0 Å². The molecule has 0 aliphatic carbocycles. The molecule has 1 aliphatic heterocycles. The number of nitrogens with zero attached hydrogens (tertiary/aromatic N) is 5. The van der Waals surface area contributed by atoms with Gasteiger partial charge in [-0.2, -0.15) is 0 Å². The van der Waals surface area contributed by atoms with E-state index in [1.165, 1.54) is 12.1 Å². The number of ether oxygens (including phenoxy) is 1. The number of aromatic nitrogens is 2. The fourth-order valence-corrected chi connectivity index (χ4v) is 3.08. The highest BCUT2D eigenvalue weighted by Crippen LogP contribution is 2.22. The number of nitrogens with one attached hydrogen (secondary N) is 1. The molecule has 1 aromatic carbocycles. The average molecular weight is 536 g/mol. The van der Waals surface area contributed by atoms with E-state index >= 15 is 0 Å². The molecular weight excluding hydrogens is 512 g/mol. The summed E-state index contributed by atoms with van der Waals surface area (Å²) < 4.78 is 40.5. The fraction of sp³-hybridized carbons (Fsp3) is 0.421. The smallest absolute Gasteiger partial charge is 0.406 e. The Balaban J connectivity index is 0.00000320. The van der Waals surface area contributed by atoms with E-state index < -0.39 is 6.36 Å². The maximum absolute atomic E-state index is 12.2. The van der Waals surface area contributed by atoms with Crippen molar-refractivity contribution in [1.82, 2.24) is 20.2 Å². The van der Waals surface area contributed by atoms with Gasteiger partial charge in [-0.15, -0.1) is 37.1 Å². The molecule has 2 heterocycles. The van der Waals surface area contributed by atoms with Crippen molar-refractivity contribution < 1.29 is 17.9 Å². The third-order valence-corrected chi connectivity index (χ3v) is 4.48. The number of guanidine groups is 1.